The fourth-order valence-corrected chi connectivity index (χ4v) is 4.39. The van der Waals surface area contributed by atoms with E-state index < -0.39 is 0 Å². The average molecular weight is 388 g/mol. The standard InChI is InChI=1S/C22H37N5O/c1-17-12-21(15-26(17)14-20-8-6-5-7-9-20)25-22(23-4)24-13-18(2)27-10-11-28-16-19(27)3/h5-9,17-19,21H,10-16H2,1-4H3,(H2,23,24,25). The number of nitrogens with one attached hydrogen (secondary N) is 2. The van der Waals surface area contributed by atoms with Crippen LogP contribution in [0.25, 0.3) is 0 Å². The lowest BCUT2D eigenvalue weighted by Gasteiger charge is -2.38. The van der Waals surface area contributed by atoms with Gasteiger partial charge in [-0.05, 0) is 32.8 Å². The van der Waals surface area contributed by atoms with Gasteiger partial charge in [-0.1, -0.05) is 30.3 Å². The largest absolute Gasteiger partial charge is 0.379 e. The molecule has 2 saturated heterocycles. The van der Waals surface area contributed by atoms with E-state index in [1.807, 2.05) is 7.05 Å². The van der Waals surface area contributed by atoms with Crippen molar-refractivity contribution in [2.24, 2.45) is 4.99 Å². The van der Waals surface area contributed by atoms with Gasteiger partial charge in [0.2, 0.25) is 0 Å². The molecule has 4 atom stereocenters. The number of hydrogen-bond donors (Lipinski definition) is 2. The van der Waals surface area contributed by atoms with Gasteiger partial charge in [-0.3, -0.25) is 14.8 Å². The highest BCUT2D eigenvalue weighted by atomic mass is 16.5. The molecule has 2 heterocycles. The van der Waals surface area contributed by atoms with Crippen molar-refractivity contribution in [2.75, 3.05) is 39.9 Å². The third kappa shape index (κ3) is 5.69. The zero-order valence-electron chi connectivity index (χ0n) is 17.9. The van der Waals surface area contributed by atoms with E-state index in [0.717, 1.165) is 51.8 Å². The molecular weight excluding hydrogens is 350 g/mol. The molecule has 3 rings (SSSR count). The van der Waals surface area contributed by atoms with Gasteiger partial charge in [-0.25, -0.2) is 0 Å². The van der Waals surface area contributed by atoms with Crippen LogP contribution in [-0.4, -0.2) is 79.8 Å². The van der Waals surface area contributed by atoms with Crippen molar-refractivity contribution in [2.45, 2.75) is 57.9 Å². The van der Waals surface area contributed by atoms with E-state index in [0.29, 0.717) is 24.2 Å². The average Bonchev–Trinajstić information content (AvgIpc) is 3.04. The van der Waals surface area contributed by atoms with Crippen LogP contribution in [0.2, 0.25) is 0 Å². The Kier molecular flexibility index (Phi) is 7.71. The van der Waals surface area contributed by atoms with Crippen LogP contribution in [0.15, 0.2) is 35.3 Å². The van der Waals surface area contributed by atoms with Gasteiger partial charge in [-0.15, -0.1) is 0 Å². The first kappa shape index (κ1) is 21.1. The molecule has 0 aliphatic carbocycles. The van der Waals surface area contributed by atoms with Gasteiger partial charge in [0.1, 0.15) is 0 Å². The summed E-state index contributed by atoms with van der Waals surface area (Å²) < 4.78 is 5.56. The van der Waals surface area contributed by atoms with Crippen molar-refractivity contribution in [3.8, 4) is 0 Å². The minimum atomic E-state index is 0.433. The van der Waals surface area contributed by atoms with Gasteiger partial charge >= 0.3 is 0 Å². The number of guanidine groups is 1. The number of hydrogen-bond acceptors (Lipinski definition) is 4. The second-order valence-electron chi connectivity index (χ2n) is 8.30. The first-order chi connectivity index (χ1) is 13.6. The molecule has 0 amide bonds. The summed E-state index contributed by atoms with van der Waals surface area (Å²) in [5, 5.41) is 7.17. The van der Waals surface area contributed by atoms with E-state index in [4.69, 9.17) is 4.74 Å². The number of ether oxygens (including phenoxy) is 1. The smallest absolute Gasteiger partial charge is 0.191 e. The molecule has 0 saturated carbocycles. The SMILES string of the molecule is CN=C(NCC(C)N1CCOCC1C)NC1CC(C)N(Cc2ccccc2)C1. The van der Waals surface area contributed by atoms with Crippen LogP contribution in [0.1, 0.15) is 32.8 Å². The van der Waals surface area contributed by atoms with Crippen LogP contribution in [0.3, 0.4) is 0 Å². The van der Waals surface area contributed by atoms with Crippen molar-refractivity contribution < 1.29 is 4.74 Å². The molecule has 2 N–H and O–H groups in total. The molecule has 2 aliphatic rings. The molecule has 0 radical (unpaired) electrons. The Bertz CT molecular complexity index is 623. The van der Waals surface area contributed by atoms with Crippen LogP contribution in [-0.2, 0) is 11.3 Å². The molecule has 4 unspecified atom stereocenters. The summed E-state index contributed by atoms with van der Waals surface area (Å²) in [5.41, 5.74) is 1.38. The molecule has 1 aromatic rings. The van der Waals surface area contributed by atoms with Crippen molar-refractivity contribution >= 4 is 5.96 Å². The Morgan fingerprint density at radius 1 is 1.25 bits per heavy atom. The summed E-state index contributed by atoms with van der Waals surface area (Å²) in [4.78, 5) is 9.53. The molecule has 0 bridgehead atoms. The lowest BCUT2D eigenvalue weighted by Crippen LogP contribution is -2.53. The first-order valence-electron chi connectivity index (χ1n) is 10.7. The van der Waals surface area contributed by atoms with E-state index in [9.17, 15) is 0 Å². The highest BCUT2D eigenvalue weighted by molar-refractivity contribution is 5.80. The van der Waals surface area contributed by atoms with E-state index in [-0.39, 0.29) is 0 Å². The van der Waals surface area contributed by atoms with E-state index in [1.54, 1.807) is 0 Å². The second-order valence-corrected chi connectivity index (χ2v) is 8.30. The number of rotatable bonds is 6. The van der Waals surface area contributed by atoms with Gasteiger partial charge in [0.15, 0.2) is 5.96 Å². The van der Waals surface area contributed by atoms with E-state index in [1.165, 1.54) is 5.56 Å². The number of nitrogens with zero attached hydrogens (tertiary/aromatic N) is 3. The molecule has 0 spiro atoms. The molecular formula is C22H37N5O. The Morgan fingerprint density at radius 2 is 2.04 bits per heavy atom. The Labute approximate surface area is 170 Å². The molecule has 2 fully saturated rings. The van der Waals surface area contributed by atoms with Gasteiger partial charge in [-0.2, -0.15) is 0 Å². The first-order valence-corrected chi connectivity index (χ1v) is 10.7. The Morgan fingerprint density at radius 3 is 2.75 bits per heavy atom. The highest BCUT2D eigenvalue weighted by Gasteiger charge is 2.30. The number of likely N-dealkylation sites (tertiary alicyclic amines) is 1. The Hall–Kier alpha value is -1.63. The summed E-state index contributed by atoms with van der Waals surface area (Å²) in [6.07, 6.45) is 1.14. The van der Waals surface area contributed by atoms with Crippen LogP contribution in [0, 0.1) is 0 Å². The third-order valence-corrected chi connectivity index (χ3v) is 6.05. The van der Waals surface area contributed by atoms with E-state index in [2.05, 4.69) is 76.5 Å². The number of morpholine rings is 1. The fraction of sp³-hybridized carbons (Fsp3) is 0.682. The molecule has 2 aliphatic heterocycles. The molecule has 28 heavy (non-hydrogen) atoms. The lowest BCUT2D eigenvalue weighted by atomic mass is 10.2. The summed E-state index contributed by atoms with van der Waals surface area (Å²) in [6.45, 7) is 12.5. The number of aliphatic imine (C=N–C) groups is 1. The van der Waals surface area contributed by atoms with E-state index >= 15 is 0 Å². The summed E-state index contributed by atoms with van der Waals surface area (Å²) in [7, 11) is 1.86. The van der Waals surface area contributed by atoms with Crippen LogP contribution >= 0.6 is 0 Å². The van der Waals surface area contributed by atoms with Gasteiger partial charge < -0.3 is 15.4 Å². The predicted molar refractivity (Wildman–Crippen MR) is 116 cm³/mol. The quantitative estimate of drug-likeness (QED) is 0.577. The summed E-state index contributed by atoms with van der Waals surface area (Å²) in [5.74, 6) is 0.909. The maximum absolute atomic E-state index is 5.56. The fourth-order valence-electron chi connectivity index (χ4n) is 4.39. The van der Waals surface area contributed by atoms with Gasteiger partial charge in [0.05, 0.1) is 13.2 Å². The van der Waals surface area contributed by atoms with Crippen LogP contribution in [0.4, 0.5) is 0 Å². The Balaban J connectivity index is 1.45. The second kappa shape index (κ2) is 10.2. The molecule has 0 aromatic heterocycles. The lowest BCUT2D eigenvalue weighted by molar-refractivity contribution is -0.0174. The predicted octanol–water partition coefficient (Wildman–Crippen LogP) is 1.92. The monoisotopic (exact) mass is 387 g/mol. The summed E-state index contributed by atoms with van der Waals surface area (Å²) >= 11 is 0. The normalized spacial score (nSPS) is 28.3. The third-order valence-electron chi connectivity index (χ3n) is 6.05. The molecule has 6 nitrogen and oxygen atoms in total. The molecule has 6 heteroatoms. The summed E-state index contributed by atoms with van der Waals surface area (Å²) in [6, 6.07) is 12.7. The van der Waals surface area contributed by atoms with Gasteiger partial charge in [0, 0.05) is 57.4 Å². The van der Waals surface area contributed by atoms with Crippen LogP contribution in [0.5, 0.6) is 0 Å². The van der Waals surface area contributed by atoms with Crippen molar-refractivity contribution in [1.29, 1.82) is 0 Å². The maximum Gasteiger partial charge on any atom is 0.191 e. The zero-order chi connectivity index (χ0) is 19.9. The minimum absolute atomic E-state index is 0.433. The van der Waals surface area contributed by atoms with Crippen molar-refractivity contribution in [3.63, 3.8) is 0 Å². The minimum Gasteiger partial charge on any atom is -0.379 e. The van der Waals surface area contributed by atoms with Crippen LogP contribution < -0.4 is 10.6 Å². The van der Waals surface area contributed by atoms with Crippen molar-refractivity contribution in [1.82, 2.24) is 20.4 Å². The molecule has 156 valence electrons. The topological polar surface area (TPSA) is 52.1 Å². The van der Waals surface area contributed by atoms with Gasteiger partial charge in [0.25, 0.3) is 0 Å². The zero-order valence-corrected chi connectivity index (χ0v) is 17.9. The highest BCUT2D eigenvalue weighted by Crippen LogP contribution is 2.20. The van der Waals surface area contributed by atoms with Crippen molar-refractivity contribution in [3.05, 3.63) is 35.9 Å². The molecule has 1 aromatic carbocycles. The maximum atomic E-state index is 5.56. The number of benzene rings is 1.